The Kier molecular flexibility index (Phi) is 6.12. The van der Waals surface area contributed by atoms with Gasteiger partial charge in [0.05, 0.1) is 6.42 Å². The van der Waals surface area contributed by atoms with Crippen LogP contribution in [-0.2, 0) is 9.59 Å². The van der Waals surface area contributed by atoms with Crippen LogP contribution < -0.4 is 5.32 Å². The van der Waals surface area contributed by atoms with Gasteiger partial charge in [0.2, 0.25) is 5.91 Å². The summed E-state index contributed by atoms with van der Waals surface area (Å²) in [4.78, 5) is 22.7. The second-order valence-corrected chi connectivity index (χ2v) is 5.24. The van der Waals surface area contributed by atoms with Crippen molar-refractivity contribution in [1.29, 1.82) is 0 Å². The molecule has 0 heterocycles. The highest BCUT2D eigenvalue weighted by Crippen LogP contribution is 2.43. The monoisotopic (exact) mass is 257 g/mol. The van der Waals surface area contributed by atoms with Gasteiger partial charge in [-0.25, -0.2) is 0 Å². The summed E-state index contributed by atoms with van der Waals surface area (Å²) in [5.74, 6) is -0.874. The van der Waals surface area contributed by atoms with Crippen molar-refractivity contribution in [2.75, 3.05) is 13.2 Å². The average molecular weight is 257 g/mol. The fourth-order valence-electron chi connectivity index (χ4n) is 2.73. The van der Waals surface area contributed by atoms with E-state index in [4.69, 9.17) is 10.2 Å². The maximum absolute atomic E-state index is 11.8. The standard InChI is InChI=1S/C13H23NO4/c15-8-4-3-7-14-11(16)9-13(10-12(17)18)5-1-2-6-13/h15H,1-10H2,(H,14,16)(H,17,18). The molecule has 0 radical (unpaired) electrons. The van der Waals surface area contributed by atoms with Gasteiger partial charge >= 0.3 is 5.97 Å². The lowest BCUT2D eigenvalue weighted by molar-refractivity contribution is -0.140. The molecule has 3 N–H and O–H groups in total. The number of carboxylic acids is 1. The van der Waals surface area contributed by atoms with Crippen LogP contribution >= 0.6 is 0 Å². The van der Waals surface area contributed by atoms with Crippen LogP contribution in [0.4, 0.5) is 0 Å². The normalized spacial score (nSPS) is 17.6. The van der Waals surface area contributed by atoms with E-state index in [2.05, 4.69) is 5.32 Å². The summed E-state index contributed by atoms with van der Waals surface area (Å²) in [6.45, 7) is 0.696. The summed E-state index contributed by atoms with van der Waals surface area (Å²) in [6.07, 6.45) is 5.56. The molecule has 1 rings (SSSR count). The first-order valence-electron chi connectivity index (χ1n) is 6.67. The largest absolute Gasteiger partial charge is 0.481 e. The minimum atomic E-state index is -0.815. The van der Waals surface area contributed by atoms with Crippen LogP contribution in [0, 0.1) is 5.41 Å². The topological polar surface area (TPSA) is 86.6 Å². The molecule has 0 bridgehead atoms. The third kappa shape index (κ3) is 5.04. The van der Waals surface area contributed by atoms with Gasteiger partial charge < -0.3 is 15.5 Å². The van der Waals surface area contributed by atoms with E-state index in [-0.39, 0.29) is 24.3 Å². The van der Waals surface area contributed by atoms with Crippen LogP contribution in [0.25, 0.3) is 0 Å². The zero-order valence-electron chi connectivity index (χ0n) is 10.8. The van der Waals surface area contributed by atoms with Gasteiger partial charge in [0.1, 0.15) is 0 Å². The Labute approximate surface area is 108 Å². The molecule has 18 heavy (non-hydrogen) atoms. The molecule has 0 spiro atoms. The molecule has 1 aliphatic carbocycles. The molecule has 0 saturated heterocycles. The summed E-state index contributed by atoms with van der Waals surface area (Å²) in [7, 11) is 0. The Morgan fingerprint density at radius 1 is 1.11 bits per heavy atom. The number of carbonyl (C=O) groups is 2. The molecule has 1 amide bonds. The number of aliphatic hydroxyl groups is 1. The van der Waals surface area contributed by atoms with Crippen molar-refractivity contribution in [3.8, 4) is 0 Å². The first-order chi connectivity index (χ1) is 8.58. The summed E-state index contributed by atoms with van der Waals surface area (Å²) in [5.41, 5.74) is -0.326. The van der Waals surface area contributed by atoms with E-state index >= 15 is 0 Å². The van der Waals surface area contributed by atoms with E-state index in [1.54, 1.807) is 0 Å². The number of aliphatic carboxylic acids is 1. The fourth-order valence-corrected chi connectivity index (χ4v) is 2.73. The lowest BCUT2D eigenvalue weighted by Crippen LogP contribution is -2.32. The van der Waals surface area contributed by atoms with E-state index in [0.717, 1.165) is 32.1 Å². The highest BCUT2D eigenvalue weighted by molar-refractivity contribution is 5.78. The van der Waals surface area contributed by atoms with Crippen LogP contribution in [0.3, 0.4) is 0 Å². The Bertz CT molecular complexity index is 285. The van der Waals surface area contributed by atoms with Gasteiger partial charge in [0, 0.05) is 19.6 Å². The molecule has 0 aromatic carbocycles. The van der Waals surface area contributed by atoms with Crippen molar-refractivity contribution in [1.82, 2.24) is 5.32 Å². The maximum atomic E-state index is 11.8. The fraction of sp³-hybridized carbons (Fsp3) is 0.846. The van der Waals surface area contributed by atoms with Gasteiger partial charge in [-0.05, 0) is 31.1 Å². The van der Waals surface area contributed by atoms with E-state index in [0.29, 0.717) is 19.4 Å². The van der Waals surface area contributed by atoms with Crippen LogP contribution in [0.1, 0.15) is 51.4 Å². The summed E-state index contributed by atoms with van der Waals surface area (Å²) in [5, 5.41) is 20.4. The molecule has 5 heteroatoms. The van der Waals surface area contributed by atoms with Crippen molar-refractivity contribution >= 4 is 11.9 Å². The highest BCUT2D eigenvalue weighted by atomic mass is 16.4. The van der Waals surface area contributed by atoms with Crippen molar-refractivity contribution < 1.29 is 19.8 Å². The smallest absolute Gasteiger partial charge is 0.303 e. The van der Waals surface area contributed by atoms with Crippen molar-refractivity contribution in [2.45, 2.75) is 51.4 Å². The summed E-state index contributed by atoms with van der Waals surface area (Å²) >= 11 is 0. The second kappa shape index (κ2) is 7.36. The molecule has 1 fully saturated rings. The number of unbranched alkanes of at least 4 members (excludes halogenated alkanes) is 1. The Morgan fingerprint density at radius 3 is 2.33 bits per heavy atom. The van der Waals surface area contributed by atoms with Crippen molar-refractivity contribution in [2.24, 2.45) is 5.41 Å². The highest BCUT2D eigenvalue weighted by Gasteiger charge is 2.37. The summed E-state index contributed by atoms with van der Waals surface area (Å²) in [6, 6.07) is 0. The number of amides is 1. The third-order valence-electron chi connectivity index (χ3n) is 3.63. The third-order valence-corrected chi connectivity index (χ3v) is 3.63. The zero-order valence-corrected chi connectivity index (χ0v) is 10.8. The SMILES string of the molecule is O=C(O)CC1(CC(=O)NCCCCO)CCCC1. The number of rotatable bonds is 8. The molecule has 0 atom stereocenters. The first kappa shape index (κ1) is 15.0. The van der Waals surface area contributed by atoms with Crippen molar-refractivity contribution in [3.05, 3.63) is 0 Å². The molecule has 104 valence electrons. The number of hydrogen-bond acceptors (Lipinski definition) is 3. The Hall–Kier alpha value is -1.10. The molecule has 1 aliphatic rings. The van der Waals surface area contributed by atoms with E-state index < -0.39 is 5.97 Å². The molecule has 5 nitrogen and oxygen atoms in total. The molecule has 1 saturated carbocycles. The number of carbonyl (C=O) groups excluding carboxylic acids is 1. The average Bonchev–Trinajstić information content (AvgIpc) is 2.71. The van der Waals surface area contributed by atoms with Gasteiger partial charge in [-0.15, -0.1) is 0 Å². The number of nitrogens with one attached hydrogen (secondary N) is 1. The first-order valence-corrected chi connectivity index (χ1v) is 6.67. The van der Waals surface area contributed by atoms with E-state index in [9.17, 15) is 9.59 Å². The van der Waals surface area contributed by atoms with Gasteiger partial charge in [0.15, 0.2) is 0 Å². The van der Waals surface area contributed by atoms with Crippen LogP contribution in [0.15, 0.2) is 0 Å². The Morgan fingerprint density at radius 2 is 1.78 bits per heavy atom. The molecular formula is C13H23NO4. The second-order valence-electron chi connectivity index (χ2n) is 5.24. The molecule has 0 aromatic heterocycles. The minimum absolute atomic E-state index is 0.0592. The van der Waals surface area contributed by atoms with Gasteiger partial charge in [0.25, 0.3) is 0 Å². The van der Waals surface area contributed by atoms with Gasteiger partial charge in [-0.3, -0.25) is 9.59 Å². The van der Waals surface area contributed by atoms with Crippen LogP contribution in [0.2, 0.25) is 0 Å². The van der Waals surface area contributed by atoms with Crippen LogP contribution in [0.5, 0.6) is 0 Å². The number of carboxylic acid groups (broad SMARTS) is 1. The Balaban J connectivity index is 2.36. The van der Waals surface area contributed by atoms with Gasteiger partial charge in [-0.1, -0.05) is 12.8 Å². The number of aliphatic hydroxyl groups excluding tert-OH is 1. The minimum Gasteiger partial charge on any atom is -0.481 e. The quantitative estimate of drug-likeness (QED) is 0.572. The zero-order chi connectivity index (χ0) is 13.4. The van der Waals surface area contributed by atoms with E-state index in [1.165, 1.54) is 0 Å². The predicted molar refractivity (Wildman–Crippen MR) is 67.1 cm³/mol. The number of hydrogen-bond donors (Lipinski definition) is 3. The van der Waals surface area contributed by atoms with E-state index in [1.807, 2.05) is 0 Å². The predicted octanol–water partition coefficient (Wildman–Crippen LogP) is 1.30. The maximum Gasteiger partial charge on any atom is 0.303 e. The summed E-state index contributed by atoms with van der Waals surface area (Å²) < 4.78 is 0. The molecule has 0 aromatic rings. The lowest BCUT2D eigenvalue weighted by Gasteiger charge is -2.26. The molecule has 0 unspecified atom stereocenters. The molecule has 0 aliphatic heterocycles. The van der Waals surface area contributed by atoms with Gasteiger partial charge in [-0.2, -0.15) is 0 Å². The lowest BCUT2D eigenvalue weighted by atomic mass is 9.79. The van der Waals surface area contributed by atoms with Crippen molar-refractivity contribution in [3.63, 3.8) is 0 Å². The molecular weight excluding hydrogens is 234 g/mol. The van der Waals surface area contributed by atoms with Crippen LogP contribution in [-0.4, -0.2) is 35.2 Å².